The van der Waals surface area contributed by atoms with Crippen LogP contribution in [-0.4, -0.2) is 5.78 Å². The summed E-state index contributed by atoms with van der Waals surface area (Å²) >= 11 is 0. The molecule has 1 unspecified atom stereocenters. The number of ketones is 1. The van der Waals surface area contributed by atoms with Crippen molar-refractivity contribution < 1.29 is 9.21 Å². The van der Waals surface area contributed by atoms with Crippen LogP contribution in [0.1, 0.15) is 52.4 Å². The second-order valence-corrected chi connectivity index (χ2v) is 5.31. The summed E-state index contributed by atoms with van der Waals surface area (Å²) in [7, 11) is 0. The van der Waals surface area contributed by atoms with Gasteiger partial charge in [-0.15, -0.1) is 0 Å². The summed E-state index contributed by atoms with van der Waals surface area (Å²) in [6, 6.07) is 10.3. The molecule has 0 fully saturated rings. The quantitative estimate of drug-likeness (QED) is 0.765. The molecular weight excluding hydrogens is 236 g/mol. The summed E-state index contributed by atoms with van der Waals surface area (Å²) in [6.07, 6.45) is 5.62. The van der Waals surface area contributed by atoms with Crippen LogP contribution in [0.2, 0.25) is 0 Å². The Morgan fingerprint density at radius 3 is 2.95 bits per heavy atom. The Morgan fingerprint density at radius 2 is 2.16 bits per heavy atom. The van der Waals surface area contributed by atoms with E-state index in [0.29, 0.717) is 12.3 Å². The van der Waals surface area contributed by atoms with Gasteiger partial charge in [0.1, 0.15) is 5.76 Å². The zero-order valence-electron chi connectivity index (χ0n) is 11.2. The summed E-state index contributed by atoms with van der Waals surface area (Å²) in [5.74, 6) is 1.30. The minimum atomic E-state index is 0.202. The molecule has 1 aliphatic rings. The number of furan rings is 1. The van der Waals surface area contributed by atoms with Crippen LogP contribution in [0, 0.1) is 6.92 Å². The average molecular weight is 254 g/mol. The molecule has 1 aliphatic carbocycles. The molecule has 0 amide bonds. The first-order chi connectivity index (χ1) is 9.25. The van der Waals surface area contributed by atoms with E-state index in [1.54, 1.807) is 12.3 Å². The van der Waals surface area contributed by atoms with Gasteiger partial charge in [0.25, 0.3) is 0 Å². The molecule has 0 bridgehead atoms. The highest BCUT2D eigenvalue weighted by molar-refractivity contribution is 5.97. The maximum Gasteiger partial charge on any atom is 0.166 e. The molecule has 0 spiro atoms. The average Bonchev–Trinajstić information content (AvgIpc) is 2.85. The zero-order valence-corrected chi connectivity index (χ0v) is 11.2. The largest absolute Gasteiger partial charge is 0.469 e. The number of hydrogen-bond donors (Lipinski definition) is 0. The summed E-state index contributed by atoms with van der Waals surface area (Å²) in [5, 5.41) is 0. The maximum atomic E-state index is 12.3. The number of Topliss-reactive ketones (excluding diaryl/α,β-unsaturated/α-hetero) is 1. The van der Waals surface area contributed by atoms with Crippen molar-refractivity contribution in [3.8, 4) is 0 Å². The van der Waals surface area contributed by atoms with Crippen LogP contribution in [0.5, 0.6) is 0 Å². The van der Waals surface area contributed by atoms with Gasteiger partial charge >= 0.3 is 0 Å². The van der Waals surface area contributed by atoms with Crippen molar-refractivity contribution >= 4 is 5.78 Å². The van der Waals surface area contributed by atoms with Crippen molar-refractivity contribution in [3.63, 3.8) is 0 Å². The van der Waals surface area contributed by atoms with E-state index in [4.69, 9.17) is 4.42 Å². The summed E-state index contributed by atoms with van der Waals surface area (Å²) in [6.45, 7) is 1.85. The minimum absolute atomic E-state index is 0.202. The molecule has 2 heteroatoms. The Kier molecular flexibility index (Phi) is 3.24. The van der Waals surface area contributed by atoms with E-state index in [0.717, 1.165) is 24.2 Å². The zero-order chi connectivity index (χ0) is 13.2. The Morgan fingerprint density at radius 1 is 1.32 bits per heavy atom. The molecule has 0 radical (unpaired) electrons. The SMILES string of the molecule is Cc1occc1C(=O)CC1CCCc2ccccc21. The first kappa shape index (κ1) is 12.2. The molecule has 19 heavy (non-hydrogen) atoms. The fourth-order valence-electron chi connectivity index (χ4n) is 3.07. The first-order valence-corrected chi connectivity index (χ1v) is 6.91. The summed E-state index contributed by atoms with van der Waals surface area (Å²) in [5.41, 5.74) is 3.52. The minimum Gasteiger partial charge on any atom is -0.469 e. The van der Waals surface area contributed by atoms with Crippen molar-refractivity contribution in [2.24, 2.45) is 0 Å². The third-order valence-electron chi connectivity index (χ3n) is 4.08. The lowest BCUT2D eigenvalue weighted by atomic mass is 9.79. The highest BCUT2D eigenvalue weighted by Gasteiger charge is 2.23. The van der Waals surface area contributed by atoms with Gasteiger partial charge in [-0.2, -0.15) is 0 Å². The fraction of sp³-hybridized carbons (Fsp3) is 0.353. The Hall–Kier alpha value is -1.83. The van der Waals surface area contributed by atoms with Gasteiger partial charge in [0, 0.05) is 6.42 Å². The van der Waals surface area contributed by atoms with Gasteiger partial charge in [0.2, 0.25) is 0 Å². The van der Waals surface area contributed by atoms with E-state index in [9.17, 15) is 4.79 Å². The normalized spacial score (nSPS) is 18.1. The third-order valence-corrected chi connectivity index (χ3v) is 4.08. The molecule has 1 aromatic carbocycles. The predicted octanol–water partition coefficient (Wildman–Crippen LogP) is 4.28. The van der Waals surface area contributed by atoms with Crippen molar-refractivity contribution in [2.45, 2.75) is 38.5 Å². The van der Waals surface area contributed by atoms with Gasteiger partial charge in [-0.05, 0) is 49.3 Å². The Bertz CT molecular complexity index is 595. The highest BCUT2D eigenvalue weighted by atomic mass is 16.3. The maximum absolute atomic E-state index is 12.3. The second-order valence-electron chi connectivity index (χ2n) is 5.31. The highest BCUT2D eigenvalue weighted by Crippen LogP contribution is 2.34. The molecule has 0 N–H and O–H groups in total. The summed E-state index contributed by atoms with van der Waals surface area (Å²) in [4.78, 5) is 12.3. The van der Waals surface area contributed by atoms with Gasteiger partial charge in [-0.1, -0.05) is 24.3 Å². The van der Waals surface area contributed by atoms with E-state index in [-0.39, 0.29) is 5.78 Å². The van der Waals surface area contributed by atoms with E-state index in [1.165, 1.54) is 17.5 Å². The lowest BCUT2D eigenvalue weighted by Crippen LogP contribution is -2.14. The molecular formula is C17H18O2. The molecule has 3 rings (SSSR count). The first-order valence-electron chi connectivity index (χ1n) is 6.91. The smallest absolute Gasteiger partial charge is 0.166 e. The van der Waals surface area contributed by atoms with Crippen LogP contribution >= 0.6 is 0 Å². The van der Waals surface area contributed by atoms with E-state index < -0.39 is 0 Å². The Labute approximate surface area is 113 Å². The molecule has 0 saturated heterocycles. The molecule has 0 aliphatic heterocycles. The number of fused-ring (bicyclic) bond motifs is 1. The van der Waals surface area contributed by atoms with Crippen LogP contribution in [0.15, 0.2) is 41.0 Å². The van der Waals surface area contributed by atoms with Gasteiger partial charge < -0.3 is 4.42 Å². The summed E-state index contributed by atoms with van der Waals surface area (Å²) < 4.78 is 5.22. The molecule has 1 heterocycles. The molecule has 98 valence electrons. The number of hydrogen-bond acceptors (Lipinski definition) is 2. The molecule has 0 saturated carbocycles. The van der Waals surface area contributed by atoms with E-state index in [1.807, 2.05) is 6.92 Å². The number of aryl methyl sites for hydroxylation is 2. The Balaban J connectivity index is 1.82. The number of rotatable bonds is 3. The standard InChI is InChI=1S/C17H18O2/c1-12-15(9-10-19-12)17(18)11-14-7-4-6-13-5-2-3-8-16(13)14/h2-3,5,8-10,14H,4,6-7,11H2,1H3. The lowest BCUT2D eigenvalue weighted by molar-refractivity contribution is 0.0969. The van der Waals surface area contributed by atoms with Crippen molar-refractivity contribution in [1.82, 2.24) is 0 Å². The number of benzene rings is 1. The van der Waals surface area contributed by atoms with Crippen LogP contribution in [0.4, 0.5) is 0 Å². The van der Waals surface area contributed by atoms with Crippen LogP contribution in [0.25, 0.3) is 0 Å². The fourth-order valence-corrected chi connectivity index (χ4v) is 3.07. The predicted molar refractivity (Wildman–Crippen MR) is 74.5 cm³/mol. The van der Waals surface area contributed by atoms with Crippen molar-refractivity contribution in [3.05, 3.63) is 59.0 Å². The molecule has 2 aromatic rings. The van der Waals surface area contributed by atoms with E-state index in [2.05, 4.69) is 24.3 Å². The molecule has 1 atom stereocenters. The van der Waals surface area contributed by atoms with Crippen LogP contribution in [0.3, 0.4) is 0 Å². The van der Waals surface area contributed by atoms with Gasteiger partial charge in [-0.25, -0.2) is 0 Å². The van der Waals surface area contributed by atoms with Crippen molar-refractivity contribution in [1.29, 1.82) is 0 Å². The van der Waals surface area contributed by atoms with Gasteiger partial charge in [0.15, 0.2) is 5.78 Å². The van der Waals surface area contributed by atoms with Crippen molar-refractivity contribution in [2.75, 3.05) is 0 Å². The third kappa shape index (κ3) is 2.35. The van der Waals surface area contributed by atoms with Gasteiger partial charge in [0.05, 0.1) is 11.8 Å². The van der Waals surface area contributed by atoms with Crippen LogP contribution in [-0.2, 0) is 6.42 Å². The number of carbonyl (C=O) groups excluding carboxylic acids is 1. The molecule has 1 aromatic heterocycles. The number of carbonyl (C=O) groups is 1. The molecule has 2 nitrogen and oxygen atoms in total. The topological polar surface area (TPSA) is 30.2 Å². The van der Waals surface area contributed by atoms with E-state index >= 15 is 0 Å². The lowest BCUT2D eigenvalue weighted by Gasteiger charge is -2.24. The second kappa shape index (κ2) is 5.04. The van der Waals surface area contributed by atoms with Gasteiger partial charge in [-0.3, -0.25) is 4.79 Å². The monoisotopic (exact) mass is 254 g/mol. The van der Waals surface area contributed by atoms with Crippen LogP contribution < -0.4 is 0 Å².